The van der Waals surface area contributed by atoms with E-state index in [1.54, 1.807) is 24.6 Å². The zero-order chi connectivity index (χ0) is 15.1. The molecule has 22 heavy (non-hydrogen) atoms. The Hall–Kier alpha value is -2.89. The van der Waals surface area contributed by atoms with Crippen LogP contribution >= 0.6 is 0 Å². The van der Waals surface area contributed by atoms with E-state index in [9.17, 15) is 4.39 Å². The van der Waals surface area contributed by atoms with Gasteiger partial charge in [0.2, 0.25) is 0 Å². The number of aliphatic imine (C=N–C) groups is 1. The molecule has 1 aliphatic rings. The molecule has 3 heterocycles. The summed E-state index contributed by atoms with van der Waals surface area (Å²) in [5.74, 6) is 1.06. The Morgan fingerprint density at radius 2 is 2.09 bits per heavy atom. The molecule has 0 aliphatic carbocycles. The molecule has 0 bridgehead atoms. The maximum atomic E-state index is 13.2. The van der Waals surface area contributed by atoms with Gasteiger partial charge < -0.3 is 9.73 Å². The Bertz CT molecular complexity index is 902. The molecular formula is C16H13FN4O. The number of aromatic nitrogens is 2. The number of hydrogen-bond donors (Lipinski definition) is 1. The van der Waals surface area contributed by atoms with Gasteiger partial charge in [-0.05, 0) is 37.3 Å². The van der Waals surface area contributed by atoms with Crippen molar-refractivity contribution in [2.75, 3.05) is 6.54 Å². The molecule has 2 aromatic heterocycles. The Labute approximate surface area is 125 Å². The minimum absolute atomic E-state index is 0.275. The highest BCUT2D eigenvalue weighted by Gasteiger charge is 2.20. The molecule has 0 fully saturated rings. The number of hydrogen-bond acceptors (Lipinski definition) is 4. The molecule has 0 saturated heterocycles. The van der Waals surface area contributed by atoms with Gasteiger partial charge in [-0.15, -0.1) is 0 Å². The Kier molecular flexibility index (Phi) is 2.82. The van der Waals surface area contributed by atoms with Crippen molar-refractivity contribution in [3.8, 4) is 11.3 Å². The summed E-state index contributed by atoms with van der Waals surface area (Å²) >= 11 is 0. The third-order valence-electron chi connectivity index (χ3n) is 3.56. The Morgan fingerprint density at radius 1 is 1.27 bits per heavy atom. The first-order valence-corrected chi connectivity index (χ1v) is 6.93. The van der Waals surface area contributed by atoms with Crippen LogP contribution in [0.2, 0.25) is 0 Å². The summed E-state index contributed by atoms with van der Waals surface area (Å²) in [5, 5.41) is 3.15. The van der Waals surface area contributed by atoms with Crippen molar-refractivity contribution in [2.24, 2.45) is 4.99 Å². The third-order valence-corrected chi connectivity index (χ3v) is 3.56. The van der Waals surface area contributed by atoms with Crippen LogP contribution in [-0.4, -0.2) is 21.8 Å². The standard InChI is InChI=1S/C16H13FN4O/c1-10-18-7-6-13(19-10)15-14(11-2-4-12(17)5-3-11)20-16-21(15)8-9-22-16/h2-6,8-9H,7H2,1H3,(H,18,19). The van der Waals surface area contributed by atoms with E-state index in [1.807, 2.05) is 17.4 Å². The van der Waals surface area contributed by atoms with E-state index < -0.39 is 0 Å². The molecule has 1 aromatic carbocycles. The molecule has 5 nitrogen and oxygen atoms in total. The predicted molar refractivity (Wildman–Crippen MR) is 81.9 cm³/mol. The fraction of sp³-hybridized carbons (Fsp3) is 0.125. The van der Waals surface area contributed by atoms with Gasteiger partial charge in [-0.2, -0.15) is 4.98 Å². The van der Waals surface area contributed by atoms with E-state index in [1.165, 1.54) is 12.1 Å². The van der Waals surface area contributed by atoms with Gasteiger partial charge in [-0.3, -0.25) is 4.40 Å². The van der Waals surface area contributed by atoms with Gasteiger partial charge >= 0.3 is 5.84 Å². The van der Waals surface area contributed by atoms with Gasteiger partial charge in [0.25, 0.3) is 0 Å². The predicted octanol–water partition coefficient (Wildman–Crippen LogP) is 3.10. The molecule has 1 aliphatic heterocycles. The average Bonchev–Trinajstić information content (AvgIpc) is 3.08. The van der Waals surface area contributed by atoms with Crippen LogP contribution in [0.25, 0.3) is 22.8 Å². The zero-order valence-electron chi connectivity index (χ0n) is 11.9. The molecule has 0 saturated carbocycles. The summed E-state index contributed by atoms with van der Waals surface area (Å²) in [7, 11) is 0. The van der Waals surface area contributed by atoms with Gasteiger partial charge in [-0.25, -0.2) is 9.38 Å². The van der Waals surface area contributed by atoms with Crippen molar-refractivity contribution in [2.45, 2.75) is 6.92 Å². The quantitative estimate of drug-likeness (QED) is 0.790. The number of amidine groups is 1. The van der Waals surface area contributed by atoms with Gasteiger partial charge in [-0.1, -0.05) is 0 Å². The molecule has 4 rings (SSSR count). The summed E-state index contributed by atoms with van der Waals surface area (Å²) in [6, 6.07) is 6.26. The molecule has 0 unspecified atom stereocenters. The second-order valence-corrected chi connectivity index (χ2v) is 5.04. The highest BCUT2D eigenvalue weighted by Crippen LogP contribution is 2.31. The molecule has 0 radical (unpaired) electrons. The minimum Gasteiger partial charge on any atom is -0.432 e. The number of rotatable bonds is 2. The lowest BCUT2D eigenvalue weighted by Gasteiger charge is -2.12. The van der Waals surface area contributed by atoms with Crippen LogP contribution in [0.1, 0.15) is 12.6 Å². The molecule has 0 atom stereocenters. The van der Waals surface area contributed by atoms with Crippen LogP contribution in [0.4, 0.5) is 4.39 Å². The summed E-state index contributed by atoms with van der Waals surface area (Å²) < 4.78 is 20.4. The lowest BCUT2D eigenvalue weighted by atomic mass is 10.1. The second-order valence-electron chi connectivity index (χ2n) is 5.04. The highest BCUT2D eigenvalue weighted by molar-refractivity contribution is 5.90. The van der Waals surface area contributed by atoms with Gasteiger partial charge in [0.05, 0.1) is 11.5 Å². The van der Waals surface area contributed by atoms with Crippen LogP contribution in [0.5, 0.6) is 0 Å². The van der Waals surface area contributed by atoms with Gasteiger partial charge in [0.1, 0.15) is 23.5 Å². The fourth-order valence-corrected chi connectivity index (χ4v) is 2.55. The number of halogens is 1. The first kappa shape index (κ1) is 12.8. The lowest BCUT2D eigenvalue weighted by molar-refractivity contribution is 0.596. The number of fused-ring (bicyclic) bond motifs is 1. The molecule has 0 amide bonds. The normalized spacial score (nSPS) is 14.6. The second kappa shape index (κ2) is 4.84. The summed E-state index contributed by atoms with van der Waals surface area (Å²) in [5.41, 5.74) is 3.22. The van der Waals surface area contributed by atoms with Crippen molar-refractivity contribution in [1.82, 2.24) is 14.7 Å². The monoisotopic (exact) mass is 296 g/mol. The highest BCUT2D eigenvalue weighted by atomic mass is 19.1. The number of imidazole rings is 1. The van der Waals surface area contributed by atoms with Crippen LogP contribution in [0.3, 0.4) is 0 Å². The SMILES string of the molecule is CC1=NC(c2c(-c3ccc(F)cc3)nc3occn23)=CCN1. The van der Waals surface area contributed by atoms with E-state index in [2.05, 4.69) is 15.3 Å². The van der Waals surface area contributed by atoms with E-state index in [4.69, 9.17) is 4.42 Å². The molecular weight excluding hydrogens is 283 g/mol. The number of nitrogens with zero attached hydrogens (tertiary/aromatic N) is 3. The van der Waals surface area contributed by atoms with Crippen LogP contribution in [-0.2, 0) is 0 Å². The van der Waals surface area contributed by atoms with Crippen molar-refractivity contribution < 1.29 is 8.81 Å². The molecule has 6 heteroatoms. The first-order chi connectivity index (χ1) is 10.7. The Balaban J connectivity index is 1.95. The van der Waals surface area contributed by atoms with Crippen molar-refractivity contribution in [3.05, 3.63) is 54.3 Å². The van der Waals surface area contributed by atoms with Crippen molar-refractivity contribution >= 4 is 17.4 Å². The molecule has 3 aromatic rings. The topological polar surface area (TPSA) is 54.8 Å². The number of benzene rings is 1. The summed E-state index contributed by atoms with van der Waals surface area (Å²) in [4.78, 5) is 9.06. The zero-order valence-corrected chi connectivity index (χ0v) is 11.9. The van der Waals surface area contributed by atoms with E-state index in [0.717, 1.165) is 28.5 Å². The van der Waals surface area contributed by atoms with Crippen molar-refractivity contribution in [3.63, 3.8) is 0 Å². The van der Waals surface area contributed by atoms with E-state index in [0.29, 0.717) is 12.4 Å². The molecule has 1 N–H and O–H groups in total. The van der Waals surface area contributed by atoms with E-state index in [-0.39, 0.29) is 5.82 Å². The lowest BCUT2D eigenvalue weighted by Crippen LogP contribution is -2.23. The largest absolute Gasteiger partial charge is 0.432 e. The number of oxazole rings is 1. The van der Waals surface area contributed by atoms with Crippen LogP contribution < -0.4 is 5.32 Å². The maximum absolute atomic E-state index is 13.2. The Morgan fingerprint density at radius 3 is 2.86 bits per heavy atom. The molecule has 0 spiro atoms. The molecule has 110 valence electrons. The maximum Gasteiger partial charge on any atom is 0.306 e. The van der Waals surface area contributed by atoms with Gasteiger partial charge in [0, 0.05) is 18.3 Å². The number of nitrogens with one attached hydrogen (secondary N) is 1. The summed E-state index contributed by atoms with van der Waals surface area (Å²) in [6.07, 6.45) is 5.38. The van der Waals surface area contributed by atoms with Crippen LogP contribution in [0.15, 0.2) is 52.2 Å². The third kappa shape index (κ3) is 2.00. The van der Waals surface area contributed by atoms with Crippen molar-refractivity contribution in [1.29, 1.82) is 0 Å². The minimum atomic E-state index is -0.275. The summed E-state index contributed by atoms with van der Waals surface area (Å²) in [6.45, 7) is 2.62. The first-order valence-electron chi connectivity index (χ1n) is 6.93. The van der Waals surface area contributed by atoms with Gasteiger partial charge in [0.15, 0.2) is 0 Å². The average molecular weight is 296 g/mol. The van der Waals surface area contributed by atoms with E-state index >= 15 is 0 Å². The smallest absolute Gasteiger partial charge is 0.306 e. The fourth-order valence-electron chi connectivity index (χ4n) is 2.55. The van der Waals surface area contributed by atoms with Crippen LogP contribution in [0, 0.1) is 5.82 Å².